The van der Waals surface area contributed by atoms with Gasteiger partial charge in [-0.1, -0.05) is 25.3 Å². The average molecular weight is 300 g/mol. The molecule has 22 heavy (non-hydrogen) atoms. The molecule has 1 aromatic heterocycles. The molecule has 2 N–H and O–H groups in total. The van der Waals surface area contributed by atoms with Gasteiger partial charge in [0, 0.05) is 11.3 Å². The third-order valence-electron chi connectivity index (χ3n) is 4.10. The molecule has 2 aromatic rings. The summed E-state index contributed by atoms with van der Waals surface area (Å²) in [4.78, 5) is 16.3. The second-order valence-corrected chi connectivity index (χ2v) is 5.93. The van der Waals surface area contributed by atoms with Crippen LogP contribution in [0.2, 0.25) is 0 Å². The second-order valence-electron chi connectivity index (χ2n) is 5.93. The fourth-order valence-electron chi connectivity index (χ4n) is 2.99. The molecule has 1 aliphatic rings. The SMILES string of the molecule is O=C(CC1(O)CCCCC1)Nc1cccc(-c2ncco2)c1. The summed E-state index contributed by atoms with van der Waals surface area (Å²) in [5.74, 6) is 0.357. The van der Waals surface area contributed by atoms with Crippen molar-refractivity contribution in [3.05, 3.63) is 36.7 Å². The van der Waals surface area contributed by atoms with Crippen LogP contribution in [0, 0.1) is 0 Å². The van der Waals surface area contributed by atoms with E-state index < -0.39 is 5.60 Å². The van der Waals surface area contributed by atoms with E-state index in [0.717, 1.165) is 24.8 Å². The van der Waals surface area contributed by atoms with Crippen molar-refractivity contribution < 1.29 is 14.3 Å². The van der Waals surface area contributed by atoms with Crippen LogP contribution in [0.1, 0.15) is 38.5 Å². The molecule has 1 aliphatic carbocycles. The van der Waals surface area contributed by atoms with Crippen molar-refractivity contribution >= 4 is 11.6 Å². The molecule has 116 valence electrons. The Balaban J connectivity index is 1.65. The molecule has 1 heterocycles. The minimum atomic E-state index is -0.845. The number of rotatable bonds is 4. The van der Waals surface area contributed by atoms with Gasteiger partial charge in [-0.2, -0.15) is 0 Å². The zero-order valence-corrected chi connectivity index (χ0v) is 12.4. The predicted octanol–water partition coefficient (Wildman–Crippen LogP) is 3.37. The Kier molecular flexibility index (Phi) is 4.24. The van der Waals surface area contributed by atoms with Gasteiger partial charge in [-0.3, -0.25) is 4.79 Å². The summed E-state index contributed by atoms with van der Waals surface area (Å²) in [5, 5.41) is 13.3. The molecule has 0 aliphatic heterocycles. The van der Waals surface area contributed by atoms with E-state index in [-0.39, 0.29) is 12.3 Å². The van der Waals surface area contributed by atoms with Crippen molar-refractivity contribution in [2.75, 3.05) is 5.32 Å². The number of amides is 1. The highest BCUT2D eigenvalue weighted by atomic mass is 16.3. The number of aliphatic hydroxyl groups is 1. The molecule has 0 atom stereocenters. The monoisotopic (exact) mass is 300 g/mol. The lowest BCUT2D eigenvalue weighted by Gasteiger charge is -2.31. The molecule has 0 saturated heterocycles. The van der Waals surface area contributed by atoms with Crippen molar-refractivity contribution in [1.82, 2.24) is 4.98 Å². The maximum atomic E-state index is 12.2. The first kappa shape index (κ1) is 14.8. The van der Waals surface area contributed by atoms with Crippen LogP contribution < -0.4 is 5.32 Å². The minimum absolute atomic E-state index is 0.149. The zero-order valence-electron chi connectivity index (χ0n) is 12.4. The molecule has 5 nitrogen and oxygen atoms in total. The second kappa shape index (κ2) is 6.32. The van der Waals surface area contributed by atoms with Crippen LogP contribution in [0.4, 0.5) is 5.69 Å². The number of carbonyl (C=O) groups excluding carboxylic acids is 1. The van der Waals surface area contributed by atoms with Crippen molar-refractivity contribution in [1.29, 1.82) is 0 Å². The Morgan fingerprint density at radius 1 is 1.32 bits per heavy atom. The van der Waals surface area contributed by atoms with Gasteiger partial charge in [0.1, 0.15) is 6.26 Å². The molecule has 5 heteroatoms. The number of anilines is 1. The fraction of sp³-hybridized carbons (Fsp3) is 0.412. The smallest absolute Gasteiger partial charge is 0.227 e. The van der Waals surface area contributed by atoms with Crippen molar-refractivity contribution in [2.24, 2.45) is 0 Å². The van der Waals surface area contributed by atoms with Crippen LogP contribution in [0.5, 0.6) is 0 Å². The maximum absolute atomic E-state index is 12.2. The standard InChI is InChI=1S/C17H20N2O3/c20-15(12-17(21)7-2-1-3-8-17)19-14-6-4-5-13(11-14)16-18-9-10-22-16/h4-6,9-11,21H,1-3,7-8,12H2,(H,19,20). The van der Waals surface area contributed by atoms with E-state index in [0.29, 0.717) is 24.4 Å². The van der Waals surface area contributed by atoms with Crippen molar-refractivity contribution in [2.45, 2.75) is 44.1 Å². The van der Waals surface area contributed by atoms with E-state index in [1.54, 1.807) is 6.20 Å². The quantitative estimate of drug-likeness (QED) is 0.907. The molecule has 1 amide bonds. The number of hydrogen-bond donors (Lipinski definition) is 2. The van der Waals surface area contributed by atoms with Gasteiger partial charge in [0.2, 0.25) is 11.8 Å². The van der Waals surface area contributed by atoms with Gasteiger partial charge in [0.25, 0.3) is 0 Å². The topological polar surface area (TPSA) is 75.4 Å². The summed E-state index contributed by atoms with van der Waals surface area (Å²) < 4.78 is 5.25. The van der Waals surface area contributed by atoms with Crippen molar-refractivity contribution in [3.63, 3.8) is 0 Å². The average Bonchev–Trinajstić information content (AvgIpc) is 3.01. The van der Waals surface area contributed by atoms with Crippen LogP contribution in [0.3, 0.4) is 0 Å². The normalized spacial score (nSPS) is 17.1. The van der Waals surface area contributed by atoms with E-state index >= 15 is 0 Å². The highest BCUT2D eigenvalue weighted by molar-refractivity contribution is 5.92. The van der Waals surface area contributed by atoms with Crippen molar-refractivity contribution in [3.8, 4) is 11.5 Å². The van der Waals surface area contributed by atoms with Gasteiger partial charge in [-0.25, -0.2) is 4.98 Å². The minimum Gasteiger partial charge on any atom is -0.445 e. The van der Waals surface area contributed by atoms with E-state index in [1.807, 2.05) is 24.3 Å². The van der Waals surface area contributed by atoms with Gasteiger partial charge >= 0.3 is 0 Å². The third-order valence-corrected chi connectivity index (χ3v) is 4.10. The van der Waals surface area contributed by atoms with E-state index in [4.69, 9.17) is 4.42 Å². The lowest BCUT2D eigenvalue weighted by molar-refractivity contribution is -0.122. The zero-order chi connectivity index (χ0) is 15.4. The Bertz CT molecular complexity index is 631. The number of benzene rings is 1. The number of hydrogen-bond acceptors (Lipinski definition) is 4. The molecule has 3 rings (SSSR count). The largest absolute Gasteiger partial charge is 0.445 e. The number of oxazole rings is 1. The van der Waals surface area contributed by atoms with Gasteiger partial charge in [-0.05, 0) is 31.0 Å². The molecule has 0 unspecified atom stereocenters. The number of carbonyl (C=O) groups is 1. The summed E-state index contributed by atoms with van der Waals surface area (Å²) in [5.41, 5.74) is 0.641. The molecular weight excluding hydrogens is 280 g/mol. The maximum Gasteiger partial charge on any atom is 0.227 e. The van der Waals surface area contributed by atoms with Gasteiger partial charge in [0.05, 0.1) is 18.2 Å². The Morgan fingerprint density at radius 3 is 2.86 bits per heavy atom. The molecule has 1 fully saturated rings. The van der Waals surface area contributed by atoms with Crippen LogP contribution in [-0.4, -0.2) is 21.6 Å². The van der Waals surface area contributed by atoms with Crippen LogP contribution >= 0.6 is 0 Å². The van der Waals surface area contributed by atoms with E-state index in [1.165, 1.54) is 6.26 Å². The van der Waals surface area contributed by atoms with E-state index in [2.05, 4.69) is 10.3 Å². The molecule has 1 saturated carbocycles. The Hall–Kier alpha value is -2.14. The predicted molar refractivity (Wildman–Crippen MR) is 83.2 cm³/mol. The molecular formula is C17H20N2O3. The number of nitrogens with zero attached hydrogens (tertiary/aromatic N) is 1. The molecule has 0 spiro atoms. The molecule has 0 radical (unpaired) electrons. The lowest BCUT2D eigenvalue weighted by Crippen LogP contribution is -2.35. The highest BCUT2D eigenvalue weighted by Crippen LogP contribution is 2.31. The summed E-state index contributed by atoms with van der Waals surface area (Å²) >= 11 is 0. The summed E-state index contributed by atoms with van der Waals surface area (Å²) in [6.07, 6.45) is 7.77. The van der Waals surface area contributed by atoms with Crippen LogP contribution in [-0.2, 0) is 4.79 Å². The van der Waals surface area contributed by atoms with Gasteiger partial charge in [0.15, 0.2) is 0 Å². The number of aromatic nitrogens is 1. The fourth-order valence-corrected chi connectivity index (χ4v) is 2.99. The Morgan fingerprint density at radius 2 is 2.14 bits per heavy atom. The van der Waals surface area contributed by atoms with E-state index in [9.17, 15) is 9.90 Å². The Labute approximate surface area is 129 Å². The first-order valence-corrected chi connectivity index (χ1v) is 7.67. The first-order chi connectivity index (χ1) is 10.6. The van der Waals surface area contributed by atoms with Crippen LogP contribution in [0.25, 0.3) is 11.5 Å². The summed E-state index contributed by atoms with van der Waals surface area (Å²) in [7, 11) is 0. The first-order valence-electron chi connectivity index (χ1n) is 7.67. The molecule has 0 bridgehead atoms. The highest BCUT2D eigenvalue weighted by Gasteiger charge is 2.31. The van der Waals surface area contributed by atoms with Gasteiger partial charge < -0.3 is 14.8 Å². The van der Waals surface area contributed by atoms with Gasteiger partial charge in [-0.15, -0.1) is 0 Å². The third kappa shape index (κ3) is 3.54. The summed E-state index contributed by atoms with van der Waals surface area (Å²) in [6, 6.07) is 7.34. The summed E-state index contributed by atoms with van der Waals surface area (Å²) in [6.45, 7) is 0. The van der Waals surface area contributed by atoms with Crippen LogP contribution in [0.15, 0.2) is 41.1 Å². The lowest BCUT2D eigenvalue weighted by atomic mass is 9.82. The number of nitrogens with one attached hydrogen (secondary N) is 1. The molecule has 1 aromatic carbocycles.